The zero-order chi connectivity index (χ0) is 79.8. The number of phenolic OH excluding ortho intramolecular Hbond substituents is 4. The Morgan fingerprint density at radius 1 is 0.441 bits per heavy atom. The number of methoxy groups -OCH3 is 2. The lowest BCUT2D eigenvalue weighted by Crippen LogP contribution is -2.27. The number of nitriles is 2. The molecule has 586 valence electrons. The lowest BCUT2D eigenvalue weighted by Gasteiger charge is -2.37. The summed E-state index contributed by atoms with van der Waals surface area (Å²) in [6, 6.07) is 46.4. The molecule has 4 saturated carbocycles. The number of halogens is 8. The predicted octanol–water partition coefficient (Wildman–Crippen LogP) is 20.8. The van der Waals surface area contributed by atoms with Gasteiger partial charge in [0, 0.05) is 147 Å². The first-order valence-electron chi connectivity index (χ1n) is 36.8. The van der Waals surface area contributed by atoms with Crippen molar-refractivity contribution in [3.63, 3.8) is 0 Å². The molecular formula is C88H90F8N2O13. The molecule has 23 heteroatoms. The fraction of sp³-hybridized carbons (Fsp3) is 0.409. The molecule has 4 aliphatic carbocycles. The van der Waals surface area contributed by atoms with Crippen LogP contribution in [0, 0.1) is 74.0 Å². The summed E-state index contributed by atoms with van der Waals surface area (Å²) in [5.74, 6) is -11.1. The largest absolute Gasteiger partial charge is 0.508 e. The van der Waals surface area contributed by atoms with Crippen LogP contribution in [0.15, 0.2) is 152 Å². The Morgan fingerprint density at radius 3 is 1.20 bits per heavy atom. The molecule has 0 unspecified atom stereocenters. The van der Waals surface area contributed by atoms with Gasteiger partial charge in [0.2, 0.25) is 23.7 Å². The molecule has 4 heterocycles. The van der Waals surface area contributed by atoms with Gasteiger partial charge in [-0.2, -0.15) is 10.5 Å². The van der Waals surface area contributed by atoms with Gasteiger partial charge in [0.1, 0.15) is 64.5 Å². The highest BCUT2D eigenvalue weighted by Gasteiger charge is 2.58. The first kappa shape index (κ1) is 80.3. The van der Waals surface area contributed by atoms with Crippen LogP contribution in [0.4, 0.5) is 35.1 Å². The van der Waals surface area contributed by atoms with Crippen LogP contribution < -0.4 is 28.4 Å². The highest BCUT2D eigenvalue weighted by atomic mass is 19.3. The summed E-state index contributed by atoms with van der Waals surface area (Å²) in [4.78, 5) is 0. The third-order valence-corrected chi connectivity index (χ3v) is 21.9. The number of benzene rings is 8. The van der Waals surface area contributed by atoms with E-state index in [2.05, 4.69) is 6.58 Å². The molecule has 0 aromatic heterocycles. The van der Waals surface area contributed by atoms with Crippen LogP contribution in [0.5, 0.6) is 57.5 Å². The molecule has 8 aromatic carbocycles. The van der Waals surface area contributed by atoms with E-state index in [0.717, 1.165) is 61.4 Å². The fourth-order valence-corrected chi connectivity index (χ4v) is 17.1. The Balaban J connectivity index is 0.000000134. The maximum atomic E-state index is 14.4. The second kappa shape index (κ2) is 32.3. The molecule has 0 bridgehead atoms. The quantitative estimate of drug-likeness (QED) is 0.0436. The number of phenols is 4. The van der Waals surface area contributed by atoms with E-state index in [9.17, 15) is 55.5 Å². The van der Waals surface area contributed by atoms with Crippen molar-refractivity contribution in [2.75, 3.05) is 27.8 Å². The van der Waals surface area contributed by atoms with Crippen molar-refractivity contribution in [2.45, 2.75) is 177 Å². The van der Waals surface area contributed by atoms with Gasteiger partial charge in [0.15, 0.2) is 36.6 Å². The van der Waals surface area contributed by atoms with Crippen molar-refractivity contribution in [3.8, 4) is 69.6 Å². The number of aliphatic hydroxyl groups is 1. The van der Waals surface area contributed by atoms with E-state index >= 15 is 0 Å². The van der Waals surface area contributed by atoms with Gasteiger partial charge in [-0.1, -0.05) is 109 Å². The minimum atomic E-state index is -2.81. The number of aromatic hydroxyl groups is 4. The summed E-state index contributed by atoms with van der Waals surface area (Å²) in [5.41, 5.74) is 10.5. The molecular weight excluding hydrogens is 1440 g/mol. The molecule has 12 atom stereocenters. The highest BCUT2D eigenvalue weighted by molar-refractivity contribution is 5.63. The van der Waals surface area contributed by atoms with Crippen molar-refractivity contribution in [1.82, 2.24) is 0 Å². The second-order valence-corrected chi connectivity index (χ2v) is 30.9. The smallest absolute Gasteiger partial charge is 0.249 e. The number of aryl methyl sites for hydroxylation is 4. The lowest BCUT2D eigenvalue weighted by atomic mass is 9.79. The van der Waals surface area contributed by atoms with Crippen molar-refractivity contribution < 1.29 is 98.6 Å². The van der Waals surface area contributed by atoms with Crippen molar-refractivity contribution in [3.05, 3.63) is 230 Å². The summed E-state index contributed by atoms with van der Waals surface area (Å²) >= 11 is 0. The first-order chi connectivity index (χ1) is 52.6. The van der Waals surface area contributed by atoms with Gasteiger partial charge in [-0.3, -0.25) is 0 Å². The lowest BCUT2D eigenvalue weighted by molar-refractivity contribution is -0.00301. The van der Waals surface area contributed by atoms with Crippen molar-refractivity contribution >= 4 is 6.08 Å². The standard InChI is InChI=1S/C22H24F2O6.C22H22F2O.C20H17F2NO3.C20H20F2O2.C4H7NO/c1-26-11-28-14-5-3-13(4-6-14)20-18-10-22(23,24)9-17(18)16-7-15(29-12-27-2)8-19(25)21(16)30-20;1-4-15-9-14(3)10-17-18-11-22(23,24)12-19(18)21(25-20(15)17)16-7-5-13(2)6-8-16;21-20(22)9-16-15-8-14(25)7-12(5-6-23)19(15)26-18(17(16)10-20)11-1-3-13(24)4-2-11;1-11-3-5-13(6-4-11)18-16-10-20(21,22)9-15(16)14-7-12(2)8-17(23)19(14)24-18;1-4(2,6)3-5/h3-8,17-18,20,25H,9-12H2,1-2H3;4-10,18-19,21H,1,11-12H2,2-3H3;1-4,7-8,16-18,24-25H,5,9-10H2;3-8,15-16,18,23H,9-10H2,1-2H3;6H,1-2H3/t17-,18-,20-;18-,19-,21-;16-,17-,18-;15-,16-,18-;/m1111./s1. The SMILES string of the molecule is C=Cc1cc(C)cc2c1O[C@H](c1ccc(C)cc1)[C@@H]1CC(F)(F)C[C@H]21.CC(C)(O)C#N.COCOc1ccc([C@H]2Oc3c(O)cc(OCOC)cc3[C@H]3CC(F)(F)C[C@H]32)cc1.Cc1ccc([C@H]2Oc3c(O)cc(C)cc3[C@H]3CC(F)(F)C[C@H]32)cc1.N#CCc1cc(O)cc2c1O[C@H](c1ccc(O)cc1)[C@@H]1CC(F)(F)C[C@H]21. The third-order valence-electron chi connectivity index (χ3n) is 21.9. The van der Waals surface area contributed by atoms with E-state index in [1.54, 1.807) is 60.7 Å². The molecule has 0 saturated heterocycles. The van der Waals surface area contributed by atoms with Gasteiger partial charge in [-0.15, -0.1) is 0 Å². The summed E-state index contributed by atoms with van der Waals surface area (Å²) in [5, 5.41) is 65.7. The van der Waals surface area contributed by atoms with Gasteiger partial charge in [-0.05, 0) is 135 Å². The summed E-state index contributed by atoms with van der Waals surface area (Å²) < 4.78 is 159. The van der Waals surface area contributed by atoms with Crippen molar-refractivity contribution in [2.24, 2.45) is 23.7 Å². The number of hydrogen-bond acceptors (Lipinski definition) is 15. The topological polar surface area (TPSA) is 223 Å². The van der Waals surface area contributed by atoms with E-state index < -0.39 is 71.3 Å². The molecule has 8 aliphatic rings. The van der Waals surface area contributed by atoms with Gasteiger partial charge in [0.25, 0.3) is 0 Å². The maximum absolute atomic E-state index is 14.4. The van der Waals surface area contributed by atoms with Crippen LogP contribution in [0.1, 0.15) is 191 Å². The molecule has 8 aromatic rings. The number of fused-ring (bicyclic) bond motifs is 12. The van der Waals surface area contributed by atoms with Crippen LogP contribution in [0.3, 0.4) is 0 Å². The normalized spacial score (nSPS) is 24.9. The summed E-state index contributed by atoms with van der Waals surface area (Å²) in [6.07, 6.45) is -1.99. The highest BCUT2D eigenvalue weighted by Crippen LogP contribution is 2.65. The Kier molecular flexibility index (Phi) is 23.3. The molecule has 16 rings (SSSR count). The van der Waals surface area contributed by atoms with Crippen LogP contribution in [-0.2, 0) is 15.9 Å². The summed E-state index contributed by atoms with van der Waals surface area (Å²) in [6.45, 7) is 14.7. The average molecular weight is 1540 g/mol. The zero-order valence-corrected chi connectivity index (χ0v) is 62.8. The fourth-order valence-electron chi connectivity index (χ4n) is 17.1. The Hall–Kier alpha value is -10.2. The molecule has 4 aliphatic heterocycles. The van der Waals surface area contributed by atoms with Gasteiger partial charge in [0.05, 0.1) is 18.6 Å². The van der Waals surface area contributed by atoms with Crippen LogP contribution in [-0.4, -0.2) is 82.6 Å². The van der Waals surface area contributed by atoms with E-state index in [1.807, 2.05) is 100 Å². The van der Waals surface area contributed by atoms with E-state index in [4.69, 9.17) is 53.5 Å². The number of ether oxygens (including phenoxy) is 8. The number of hydrogen-bond donors (Lipinski definition) is 5. The number of rotatable bonds is 12. The molecule has 0 radical (unpaired) electrons. The van der Waals surface area contributed by atoms with E-state index in [0.29, 0.717) is 45.3 Å². The number of nitrogens with zero attached hydrogens (tertiary/aromatic N) is 2. The zero-order valence-electron chi connectivity index (χ0n) is 62.8. The van der Waals surface area contributed by atoms with Crippen molar-refractivity contribution in [1.29, 1.82) is 10.5 Å². The molecule has 15 nitrogen and oxygen atoms in total. The van der Waals surface area contributed by atoms with Crippen LogP contribution in [0.25, 0.3) is 6.08 Å². The van der Waals surface area contributed by atoms with Crippen LogP contribution in [0.2, 0.25) is 0 Å². The van der Waals surface area contributed by atoms with Gasteiger partial charge >= 0.3 is 0 Å². The maximum Gasteiger partial charge on any atom is 0.249 e. The van der Waals surface area contributed by atoms with Gasteiger partial charge in [-0.25, -0.2) is 35.1 Å². The van der Waals surface area contributed by atoms with E-state index in [1.165, 1.54) is 58.4 Å². The minimum Gasteiger partial charge on any atom is -0.508 e. The number of alkyl halides is 8. The third kappa shape index (κ3) is 18.1. The Bertz CT molecular complexity index is 4750. The second-order valence-electron chi connectivity index (χ2n) is 30.9. The molecule has 0 amide bonds. The Labute approximate surface area is 640 Å². The first-order valence-corrected chi connectivity index (χ1v) is 36.8. The Morgan fingerprint density at radius 2 is 0.793 bits per heavy atom. The molecule has 111 heavy (non-hydrogen) atoms. The summed E-state index contributed by atoms with van der Waals surface area (Å²) in [7, 11) is 3.01. The molecule has 5 N–H and O–H groups in total. The monoisotopic (exact) mass is 1530 g/mol. The predicted molar refractivity (Wildman–Crippen MR) is 399 cm³/mol. The average Bonchev–Trinajstić information content (AvgIpc) is 1.64. The molecule has 4 fully saturated rings. The van der Waals surface area contributed by atoms with Crippen LogP contribution >= 0.6 is 0 Å². The minimum absolute atomic E-state index is 0.0105. The van der Waals surface area contributed by atoms with E-state index in [-0.39, 0.29) is 130 Å². The molecule has 0 spiro atoms. The van der Waals surface area contributed by atoms with Gasteiger partial charge < -0.3 is 63.4 Å².